The Morgan fingerprint density at radius 1 is 1.42 bits per heavy atom. The van der Waals surface area contributed by atoms with Crippen molar-refractivity contribution in [3.05, 3.63) is 7.05 Å². The van der Waals surface area contributed by atoms with Gasteiger partial charge in [-0.15, -0.1) is 0 Å². The summed E-state index contributed by atoms with van der Waals surface area (Å²) < 4.78 is 24.3. The van der Waals surface area contributed by atoms with Crippen LogP contribution in [0.1, 0.15) is 12.8 Å². The van der Waals surface area contributed by atoms with Gasteiger partial charge in [0.25, 0.3) is 0 Å². The van der Waals surface area contributed by atoms with Gasteiger partial charge in [-0.1, -0.05) is 0 Å². The van der Waals surface area contributed by atoms with Crippen molar-refractivity contribution in [2.24, 2.45) is 0 Å². The Morgan fingerprint density at radius 3 is 2.33 bits per heavy atom. The van der Waals surface area contributed by atoms with E-state index in [9.17, 15) is 8.42 Å². The fraction of sp³-hybridized carbons (Fsp3) is 0.857. The van der Waals surface area contributed by atoms with Gasteiger partial charge < -0.3 is 4.90 Å². The van der Waals surface area contributed by atoms with Gasteiger partial charge in [-0.25, -0.2) is 13.1 Å². The number of nitrogens with zero attached hydrogens (tertiary/aromatic N) is 1. The lowest BCUT2D eigenvalue weighted by molar-refractivity contribution is 0.271. The highest BCUT2D eigenvalue weighted by molar-refractivity contribution is 7.88. The molecule has 1 aliphatic heterocycles. The van der Waals surface area contributed by atoms with E-state index in [1.54, 1.807) is 0 Å². The van der Waals surface area contributed by atoms with Gasteiger partial charge in [-0.05, 0) is 25.9 Å². The van der Waals surface area contributed by atoms with E-state index >= 15 is 0 Å². The second-order valence-corrected chi connectivity index (χ2v) is 5.06. The van der Waals surface area contributed by atoms with Gasteiger partial charge in [0.15, 0.2) is 0 Å². The summed E-state index contributed by atoms with van der Waals surface area (Å²) in [5.41, 5.74) is 0. The Balaban J connectivity index is 2.36. The summed E-state index contributed by atoms with van der Waals surface area (Å²) in [5, 5.41) is 0. The number of rotatable bonds is 2. The second-order valence-electron chi connectivity index (χ2n) is 3.28. The summed E-state index contributed by atoms with van der Waals surface area (Å²) in [6.07, 6.45) is 2.91. The minimum Gasteiger partial charge on any atom is -0.459 e. The van der Waals surface area contributed by atoms with E-state index in [2.05, 4.69) is 11.8 Å². The lowest BCUT2D eigenvalue weighted by Crippen LogP contribution is -2.42. The molecule has 1 fully saturated rings. The number of hydrogen-bond acceptors (Lipinski definition) is 3. The van der Waals surface area contributed by atoms with E-state index in [1.807, 2.05) is 4.90 Å². The van der Waals surface area contributed by atoms with Gasteiger partial charge >= 0.3 is 0 Å². The van der Waals surface area contributed by atoms with Crippen LogP contribution in [0.4, 0.5) is 0 Å². The zero-order valence-electron chi connectivity index (χ0n) is 7.28. The number of piperidine rings is 1. The molecule has 0 aromatic heterocycles. The normalized spacial score (nSPS) is 22.8. The zero-order chi connectivity index (χ0) is 9.19. The minimum atomic E-state index is -3.03. The van der Waals surface area contributed by atoms with Crippen molar-refractivity contribution in [3.8, 4) is 0 Å². The molecule has 0 unspecified atom stereocenters. The molecule has 4 nitrogen and oxygen atoms in total. The Hall–Kier alpha value is -0.130. The quantitative estimate of drug-likeness (QED) is 0.615. The molecule has 1 aliphatic rings. The molecule has 0 atom stereocenters. The van der Waals surface area contributed by atoms with Crippen LogP contribution in [0.5, 0.6) is 0 Å². The van der Waals surface area contributed by atoms with Gasteiger partial charge in [-0.2, -0.15) is 0 Å². The monoisotopic (exact) mass is 191 g/mol. The molecule has 1 N–H and O–H groups in total. The van der Waals surface area contributed by atoms with Crippen LogP contribution in [0.25, 0.3) is 0 Å². The molecule has 0 aromatic rings. The first kappa shape index (κ1) is 9.95. The van der Waals surface area contributed by atoms with Crippen molar-refractivity contribution in [3.63, 3.8) is 0 Å². The highest BCUT2D eigenvalue weighted by Crippen LogP contribution is 2.09. The molecule has 0 aliphatic carbocycles. The number of likely N-dealkylation sites (tertiary alicyclic amines) is 1. The first-order chi connectivity index (χ1) is 5.47. The molecule has 1 rings (SSSR count). The summed E-state index contributed by atoms with van der Waals surface area (Å²) in [5.74, 6) is 0. The smallest absolute Gasteiger partial charge is 0.208 e. The standard InChI is InChI=1S/C7H15N2O2S/c1-9-5-3-7(4-6-9)8-12(2,10)11/h7-8H,1,3-6H2,2H3/q-1. The molecule has 5 heteroatoms. The maximum absolute atomic E-state index is 10.8. The van der Waals surface area contributed by atoms with Gasteiger partial charge in [-0.3, -0.25) is 7.05 Å². The molecular weight excluding hydrogens is 176 g/mol. The van der Waals surface area contributed by atoms with E-state index in [1.165, 1.54) is 6.26 Å². The SMILES string of the molecule is [CH2-]N1CCC(NS(C)(=O)=O)CC1. The summed E-state index contributed by atoms with van der Waals surface area (Å²) in [6, 6.07) is 0.109. The molecule has 0 aromatic carbocycles. The molecule has 0 radical (unpaired) electrons. The Labute approximate surface area is 74.0 Å². The van der Waals surface area contributed by atoms with E-state index < -0.39 is 10.0 Å². The third kappa shape index (κ3) is 3.51. The van der Waals surface area contributed by atoms with Gasteiger partial charge in [0.05, 0.1) is 6.26 Å². The zero-order valence-corrected chi connectivity index (χ0v) is 8.10. The van der Waals surface area contributed by atoms with Crippen molar-refractivity contribution in [1.82, 2.24) is 9.62 Å². The van der Waals surface area contributed by atoms with Crippen LogP contribution < -0.4 is 4.72 Å². The first-order valence-electron chi connectivity index (χ1n) is 4.00. The predicted octanol–water partition coefficient (Wildman–Crippen LogP) is -0.208. The van der Waals surface area contributed by atoms with Crippen LogP contribution in [-0.4, -0.2) is 38.7 Å². The van der Waals surface area contributed by atoms with Crippen molar-refractivity contribution in [2.45, 2.75) is 18.9 Å². The van der Waals surface area contributed by atoms with E-state index in [4.69, 9.17) is 0 Å². The van der Waals surface area contributed by atoms with Gasteiger partial charge in [0.1, 0.15) is 0 Å². The number of hydrogen-bond donors (Lipinski definition) is 1. The summed E-state index contributed by atoms with van der Waals surface area (Å²) in [7, 11) is 0.754. The van der Waals surface area contributed by atoms with Gasteiger partial charge in [0.2, 0.25) is 10.0 Å². The van der Waals surface area contributed by atoms with Crippen molar-refractivity contribution >= 4 is 10.0 Å². The average Bonchev–Trinajstić information content (AvgIpc) is 1.91. The summed E-state index contributed by atoms with van der Waals surface area (Å²) in [4.78, 5) is 1.96. The van der Waals surface area contributed by atoms with Crippen molar-refractivity contribution < 1.29 is 8.42 Å². The van der Waals surface area contributed by atoms with E-state index in [0.29, 0.717) is 0 Å². The third-order valence-corrected chi connectivity index (χ3v) is 2.73. The number of nitrogens with one attached hydrogen (secondary N) is 1. The Morgan fingerprint density at radius 2 is 1.92 bits per heavy atom. The van der Waals surface area contributed by atoms with E-state index in [0.717, 1.165) is 25.9 Å². The van der Waals surface area contributed by atoms with Crippen LogP contribution in [-0.2, 0) is 10.0 Å². The molecule has 72 valence electrons. The summed E-state index contributed by atoms with van der Waals surface area (Å²) >= 11 is 0. The molecule has 1 heterocycles. The molecule has 0 saturated carbocycles. The molecule has 1 saturated heterocycles. The fourth-order valence-corrected chi connectivity index (χ4v) is 2.19. The fourth-order valence-electron chi connectivity index (χ4n) is 1.35. The molecular formula is C7H15N2O2S-. The predicted molar refractivity (Wildman–Crippen MR) is 47.9 cm³/mol. The maximum atomic E-state index is 10.8. The van der Waals surface area contributed by atoms with Crippen LogP contribution in [0.3, 0.4) is 0 Å². The average molecular weight is 191 g/mol. The lowest BCUT2D eigenvalue weighted by atomic mass is 10.1. The minimum absolute atomic E-state index is 0.109. The Bertz CT molecular complexity index is 230. The van der Waals surface area contributed by atoms with Crippen LogP contribution in [0.2, 0.25) is 0 Å². The van der Waals surface area contributed by atoms with Crippen molar-refractivity contribution in [2.75, 3.05) is 19.3 Å². The molecule has 12 heavy (non-hydrogen) atoms. The molecule has 0 bridgehead atoms. The third-order valence-electron chi connectivity index (χ3n) is 1.97. The highest BCUT2D eigenvalue weighted by atomic mass is 32.2. The van der Waals surface area contributed by atoms with E-state index in [-0.39, 0.29) is 6.04 Å². The molecule has 0 amide bonds. The summed E-state index contributed by atoms with van der Waals surface area (Å²) in [6.45, 7) is 1.74. The lowest BCUT2D eigenvalue weighted by Gasteiger charge is -2.34. The first-order valence-corrected chi connectivity index (χ1v) is 5.89. The van der Waals surface area contributed by atoms with Crippen molar-refractivity contribution in [1.29, 1.82) is 0 Å². The topological polar surface area (TPSA) is 49.4 Å². The van der Waals surface area contributed by atoms with Gasteiger partial charge in [0, 0.05) is 6.04 Å². The van der Waals surface area contributed by atoms with Crippen LogP contribution in [0, 0.1) is 7.05 Å². The Kier molecular flexibility index (Phi) is 3.09. The second kappa shape index (κ2) is 3.72. The van der Waals surface area contributed by atoms with Crippen LogP contribution in [0.15, 0.2) is 0 Å². The number of sulfonamides is 1. The largest absolute Gasteiger partial charge is 0.459 e. The molecule has 0 spiro atoms. The highest BCUT2D eigenvalue weighted by Gasteiger charge is 2.16. The van der Waals surface area contributed by atoms with Crippen LogP contribution >= 0.6 is 0 Å². The maximum Gasteiger partial charge on any atom is 0.208 e.